The third-order valence-electron chi connectivity index (χ3n) is 0.824. The maximum Gasteiger partial charge on any atom is 0.496 e. The molecule has 0 aliphatic rings. The molecule has 2 radical (unpaired) electrons. The molecule has 0 bridgehead atoms. The largest absolute Gasteiger partial charge is 0.496 e. The molecular formula is C3H7BO5P2+2. The van der Waals surface area contributed by atoms with Crippen molar-refractivity contribution in [1.82, 2.24) is 0 Å². The molecule has 5 nitrogen and oxygen atoms in total. The molecule has 0 saturated carbocycles. The molecule has 11 heavy (non-hydrogen) atoms. The van der Waals surface area contributed by atoms with Gasteiger partial charge < -0.3 is 5.11 Å². The van der Waals surface area contributed by atoms with E-state index in [9.17, 15) is 9.59 Å². The Balaban J connectivity index is 3.93. The van der Waals surface area contributed by atoms with Crippen LogP contribution in [-0.2, 0) is 4.52 Å². The van der Waals surface area contributed by atoms with Gasteiger partial charge >= 0.3 is 19.0 Å². The Morgan fingerprint density at radius 2 is 2.00 bits per heavy atom. The van der Waals surface area contributed by atoms with Gasteiger partial charge in [-0.2, -0.15) is 0 Å². The summed E-state index contributed by atoms with van der Waals surface area (Å²) in [4.78, 5) is 29.2. The normalized spacial score (nSPS) is 15.1. The third-order valence-corrected chi connectivity index (χ3v) is 2.78. The number of hydrogen-bond donors (Lipinski definition) is 2. The van der Waals surface area contributed by atoms with Gasteiger partial charge in [-0.05, 0) is 0 Å². The first kappa shape index (κ1) is 10.8. The number of carboxylic acid groups (broad SMARTS) is 1. The Morgan fingerprint density at radius 1 is 1.55 bits per heavy atom. The van der Waals surface area contributed by atoms with Crippen LogP contribution < -0.4 is 0 Å². The summed E-state index contributed by atoms with van der Waals surface area (Å²) in [7, 11) is -0.0683. The van der Waals surface area contributed by atoms with Crippen LogP contribution >= 0.6 is 16.2 Å². The number of rotatable bonds is 3. The second-order valence-electron chi connectivity index (χ2n) is 1.66. The second-order valence-corrected chi connectivity index (χ2v) is 4.62. The molecule has 2 N–H and O–H groups in total. The molecule has 0 fully saturated rings. The van der Waals surface area contributed by atoms with Crippen LogP contribution in [0.5, 0.6) is 0 Å². The highest BCUT2D eigenvalue weighted by molar-refractivity contribution is 7.88. The molecule has 0 rings (SSSR count). The molecule has 2 atom stereocenters. The molecule has 0 aromatic heterocycles. The molecule has 0 spiro atoms. The van der Waals surface area contributed by atoms with Crippen LogP contribution in [0.3, 0.4) is 0 Å². The Morgan fingerprint density at radius 3 is 2.27 bits per heavy atom. The minimum absolute atomic E-state index is 0.915. The van der Waals surface area contributed by atoms with E-state index in [1.807, 2.05) is 0 Å². The van der Waals surface area contributed by atoms with Gasteiger partial charge in [-0.15, -0.1) is 0 Å². The van der Waals surface area contributed by atoms with Gasteiger partial charge in [0.15, 0.2) is 0 Å². The first-order chi connectivity index (χ1) is 4.95. The molecule has 2 unspecified atom stereocenters. The smallest absolute Gasteiger partial charge is 0.451 e. The average molecular weight is 196 g/mol. The fraction of sp³-hybridized carbons (Fsp3) is 0.333. The van der Waals surface area contributed by atoms with Gasteiger partial charge in [0.1, 0.15) is 0 Å². The molecule has 60 valence electrons. The van der Waals surface area contributed by atoms with Crippen LogP contribution in [0, 0.1) is 0 Å². The fourth-order valence-electron chi connectivity index (χ4n) is 0.259. The van der Waals surface area contributed by atoms with Crippen molar-refractivity contribution in [3.05, 3.63) is 0 Å². The fourth-order valence-corrected chi connectivity index (χ4v) is 1.55. The van der Waals surface area contributed by atoms with E-state index in [4.69, 9.17) is 17.6 Å². The zero-order valence-corrected chi connectivity index (χ0v) is 7.70. The summed E-state index contributed by atoms with van der Waals surface area (Å²) in [5.41, 5.74) is -2.12. The van der Waals surface area contributed by atoms with E-state index in [1.54, 1.807) is 0 Å². The van der Waals surface area contributed by atoms with Gasteiger partial charge in [-0.25, -0.2) is 14.5 Å². The van der Waals surface area contributed by atoms with E-state index >= 15 is 0 Å². The Labute approximate surface area is 66.8 Å². The molecule has 0 aliphatic heterocycles. The van der Waals surface area contributed by atoms with E-state index < -0.39 is 27.6 Å². The zero-order chi connectivity index (χ0) is 9.02. The summed E-state index contributed by atoms with van der Waals surface area (Å²) < 4.78 is 4.13. The summed E-state index contributed by atoms with van der Waals surface area (Å²) >= 11 is 0. The van der Waals surface area contributed by atoms with Crippen molar-refractivity contribution in [3.8, 4) is 0 Å². The number of hydrogen-bond acceptors (Lipinski definition) is 4. The predicted octanol–water partition coefficient (Wildman–Crippen LogP) is 0.765. The minimum atomic E-state index is -2.60. The van der Waals surface area contributed by atoms with Crippen LogP contribution in [-0.4, -0.2) is 35.7 Å². The SMILES string of the molecule is [B][PH+](O)OC(=O)[PH+](C)C(=O)O. The molecule has 0 saturated heterocycles. The van der Waals surface area contributed by atoms with Gasteiger partial charge in [0.25, 0.3) is 8.25 Å². The van der Waals surface area contributed by atoms with Crippen LogP contribution in [0.25, 0.3) is 0 Å². The quantitative estimate of drug-likeness (QED) is 0.514. The lowest BCUT2D eigenvalue weighted by Gasteiger charge is -1.95. The van der Waals surface area contributed by atoms with Crippen molar-refractivity contribution >= 4 is 35.2 Å². The predicted molar refractivity (Wildman–Crippen MR) is 45.0 cm³/mol. The van der Waals surface area contributed by atoms with Crippen LogP contribution in [0.15, 0.2) is 0 Å². The molecule has 8 heteroatoms. The van der Waals surface area contributed by atoms with E-state index in [-0.39, 0.29) is 0 Å². The lowest BCUT2D eigenvalue weighted by molar-refractivity contribution is 0.217. The second kappa shape index (κ2) is 4.65. The van der Waals surface area contributed by atoms with Crippen molar-refractivity contribution in [3.63, 3.8) is 0 Å². The van der Waals surface area contributed by atoms with Crippen molar-refractivity contribution in [1.29, 1.82) is 0 Å². The topological polar surface area (TPSA) is 83.8 Å². The van der Waals surface area contributed by atoms with Crippen LogP contribution in [0.4, 0.5) is 9.59 Å². The van der Waals surface area contributed by atoms with E-state index in [2.05, 4.69) is 4.52 Å². The van der Waals surface area contributed by atoms with Gasteiger partial charge in [0, 0.05) is 0 Å². The van der Waals surface area contributed by atoms with Crippen molar-refractivity contribution in [2.24, 2.45) is 0 Å². The number of carbonyl (C=O) groups excluding carboxylic acids is 1. The van der Waals surface area contributed by atoms with Crippen LogP contribution in [0.1, 0.15) is 0 Å². The van der Waals surface area contributed by atoms with Gasteiger partial charge in [-0.1, -0.05) is 0 Å². The highest BCUT2D eigenvalue weighted by Crippen LogP contribution is 2.39. The summed E-state index contributed by atoms with van der Waals surface area (Å²) in [6, 6.07) is 0. The third kappa shape index (κ3) is 4.30. The van der Waals surface area contributed by atoms with E-state index in [0.717, 1.165) is 0 Å². The van der Waals surface area contributed by atoms with Gasteiger partial charge in [0.05, 0.1) is 6.66 Å². The maximum atomic E-state index is 10.6. The standard InChI is InChI=1S/C3H6BO5P2/c1-10(2(5)6)3(7)9-11(4)8/h8,11H,1H3,(H,5,6)/q+1/p+1. The van der Waals surface area contributed by atoms with E-state index in [0.29, 0.717) is 0 Å². The average Bonchev–Trinajstić information content (AvgIpc) is 1.84. The molecular weight excluding hydrogens is 189 g/mol. The first-order valence-corrected chi connectivity index (χ1v) is 5.99. The van der Waals surface area contributed by atoms with Crippen molar-refractivity contribution in [2.45, 2.75) is 0 Å². The Bertz CT molecular complexity index is 171. The monoisotopic (exact) mass is 196 g/mol. The molecule has 0 amide bonds. The summed E-state index contributed by atoms with van der Waals surface area (Å²) in [5.74, 6) is 0. The molecule has 0 aliphatic carbocycles. The summed E-state index contributed by atoms with van der Waals surface area (Å²) in [5, 5.41) is 8.30. The molecule has 0 heterocycles. The van der Waals surface area contributed by atoms with Gasteiger partial charge in [0.2, 0.25) is 7.92 Å². The van der Waals surface area contributed by atoms with Crippen molar-refractivity contribution < 1.29 is 24.1 Å². The highest BCUT2D eigenvalue weighted by atomic mass is 31.2. The maximum absolute atomic E-state index is 10.6. The van der Waals surface area contributed by atoms with Gasteiger partial charge in [-0.3, -0.25) is 4.52 Å². The summed E-state index contributed by atoms with van der Waals surface area (Å²) in [6.07, 6.45) is 0. The Kier molecular flexibility index (Phi) is 4.58. The molecule has 0 aromatic carbocycles. The minimum Gasteiger partial charge on any atom is -0.451 e. The lowest BCUT2D eigenvalue weighted by Crippen LogP contribution is -2.01. The van der Waals surface area contributed by atoms with E-state index in [1.165, 1.54) is 6.66 Å². The van der Waals surface area contributed by atoms with Crippen LogP contribution in [0.2, 0.25) is 0 Å². The zero-order valence-electron chi connectivity index (χ0n) is 5.70. The number of carbonyl (C=O) groups is 2. The highest BCUT2D eigenvalue weighted by Gasteiger charge is 2.35. The van der Waals surface area contributed by atoms with Crippen molar-refractivity contribution in [2.75, 3.05) is 6.66 Å². The lowest BCUT2D eigenvalue weighted by atomic mass is 10.8. The first-order valence-electron chi connectivity index (χ1n) is 2.55. The summed E-state index contributed by atoms with van der Waals surface area (Å²) in [6.45, 7) is 1.25. The molecule has 0 aromatic rings. The Hall–Kier alpha value is -0.175.